The Morgan fingerprint density at radius 3 is 2.29 bits per heavy atom. The summed E-state index contributed by atoms with van der Waals surface area (Å²) in [6.45, 7) is 14.9. The first-order valence-electron chi connectivity index (χ1n) is 15.8. The summed E-state index contributed by atoms with van der Waals surface area (Å²) in [5.41, 5.74) is -0.963. The third-order valence-corrected chi connectivity index (χ3v) is 8.61. The molecule has 5 rings (SSSR count). The summed E-state index contributed by atoms with van der Waals surface area (Å²) in [5.74, 6) is -2.25. The van der Waals surface area contributed by atoms with E-state index in [0.29, 0.717) is 13.1 Å². The molecule has 0 radical (unpaired) electrons. The third kappa shape index (κ3) is 7.42. The number of aromatic amines is 1. The number of hydrogen-bond acceptors (Lipinski definition) is 10. The highest BCUT2D eigenvalue weighted by molar-refractivity contribution is 6.04. The van der Waals surface area contributed by atoms with Crippen molar-refractivity contribution in [1.29, 1.82) is 0 Å². The average molecular weight is 666 g/mol. The molecule has 1 aliphatic carbocycles. The van der Waals surface area contributed by atoms with E-state index >= 15 is 0 Å². The topological polar surface area (TPSA) is 201 Å². The highest BCUT2D eigenvalue weighted by Crippen LogP contribution is 2.45. The monoisotopic (exact) mass is 665 g/mol. The van der Waals surface area contributed by atoms with Crippen LogP contribution >= 0.6 is 0 Å². The quantitative estimate of drug-likeness (QED) is 0.303. The van der Waals surface area contributed by atoms with E-state index in [0.717, 1.165) is 11.1 Å². The van der Waals surface area contributed by atoms with Gasteiger partial charge in [0.2, 0.25) is 11.8 Å². The lowest BCUT2D eigenvalue weighted by molar-refractivity contribution is -0.142. The fourth-order valence-corrected chi connectivity index (χ4v) is 6.06. The van der Waals surface area contributed by atoms with Gasteiger partial charge in [-0.15, -0.1) is 11.7 Å². The van der Waals surface area contributed by atoms with Gasteiger partial charge in [-0.3, -0.25) is 24.6 Å². The smallest absolute Gasteiger partial charge is 0.410 e. The molecule has 3 aliphatic rings. The molecule has 1 aromatic carbocycles. The van der Waals surface area contributed by atoms with Gasteiger partial charge in [0.25, 0.3) is 11.9 Å². The van der Waals surface area contributed by atoms with Gasteiger partial charge in [-0.2, -0.15) is 5.21 Å². The van der Waals surface area contributed by atoms with Gasteiger partial charge in [-0.1, -0.05) is 56.2 Å². The molecule has 4 N–H and O–H groups in total. The van der Waals surface area contributed by atoms with Gasteiger partial charge in [0.15, 0.2) is 0 Å². The number of ether oxygens (including phenoxy) is 2. The van der Waals surface area contributed by atoms with Crippen LogP contribution in [0.15, 0.2) is 36.9 Å². The second-order valence-electron chi connectivity index (χ2n) is 14.5. The molecule has 48 heavy (non-hydrogen) atoms. The normalized spacial score (nSPS) is 23.8. The molecule has 258 valence electrons. The van der Waals surface area contributed by atoms with Crippen LogP contribution in [0.2, 0.25) is 0 Å². The van der Waals surface area contributed by atoms with Crippen LogP contribution in [0, 0.1) is 11.3 Å². The van der Waals surface area contributed by atoms with E-state index in [1.165, 1.54) is 4.90 Å². The van der Waals surface area contributed by atoms with E-state index in [-0.39, 0.29) is 25.3 Å². The Morgan fingerprint density at radius 2 is 1.75 bits per heavy atom. The van der Waals surface area contributed by atoms with Crippen LogP contribution < -0.4 is 16.0 Å². The number of amides is 5. The molecular formula is C32H43N9O7. The molecule has 2 aliphatic heterocycles. The Kier molecular flexibility index (Phi) is 9.21. The second-order valence-corrected chi connectivity index (χ2v) is 14.5. The predicted molar refractivity (Wildman–Crippen MR) is 171 cm³/mol. The van der Waals surface area contributed by atoms with Crippen molar-refractivity contribution in [1.82, 2.24) is 41.1 Å². The predicted octanol–water partition coefficient (Wildman–Crippen LogP) is 2.26. The molecule has 1 saturated heterocycles. The lowest BCUT2D eigenvalue weighted by atomic mass is 9.85. The maximum absolute atomic E-state index is 14.3. The van der Waals surface area contributed by atoms with E-state index in [4.69, 9.17) is 9.47 Å². The standard InChI is InChI=1S/C32H43N9O7/c1-8-20-14-32(20,26(44)34-27-36-38-39-37-27)35-24(42)22-13-21(47-29(46)40-15-18-11-9-10-12-19(18)16-40)17-41(22)25(43)23(30(2,3)4)33-28(45)48-31(5,6)7/h8-12,20-23H,1,13-17H2,2-7H3,(H,33,45)(H,35,42)(H2,34,36,37,38,39,44)/t20-,21-,22+,23-,32-/m1/s1. The fraction of sp³-hybridized carbons (Fsp3) is 0.562. The summed E-state index contributed by atoms with van der Waals surface area (Å²) in [7, 11) is 0. The van der Waals surface area contributed by atoms with Crippen molar-refractivity contribution in [3.8, 4) is 0 Å². The van der Waals surface area contributed by atoms with Crippen LogP contribution in [-0.2, 0) is 36.9 Å². The first-order valence-corrected chi connectivity index (χ1v) is 15.8. The number of fused-ring (bicyclic) bond motifs is 1. The van der Waals surface area contributed by atoms with Crippen molar-refractivity contribution >= 4 is 35.9 Å². The Labute approximate surface area is 278 Å². The summed E-state index contributed by atoms with van der Waals surface area (Å²) in [4.78, 5) is 70.7. The zero-order chi connectivity index (χ0) is 35.0. The van der Waals surface area contributed by atoms with Gasteiger partial charge in [0.05, 0.1) is 6.54 Å². The van der Waals surface area contributed by atoms with Crippen LogP contribution in [0.25, 0.3) is 0 Å². The van der Waals surface area contributed by atoms with Gasteiger partial charge in [-0.05, 0) is 48.9 Å². The number of nitrogens with one attached hydrogen (secondary N) is 4. The number of hydrogen-bond donors (Lipinski definition) is 4. The molecule has 1 saturated carbocycles. The summed E-state index contributed by atoms with van der Waals surface area (Å²) >= 11 is 0. The zero-order valence-electron chi connectivity index (χ0n) is 28.0. The first-order chi connectivity index (χ1) is 22.5. The number of carbonyl (C=O) groups excluding carboxylic acids is 5. The van der Waals surface area contributed by atoms with Crippen LogP contribution in [0.1, 0.15) is 65.5 Å². The zero-order valence-corrected chi connectivity index (χ0v) is 28.0. The lowest BCUT2D eigenvalue weighted by Gasteiger charge is -2.36. The Hall–Kier alpha value is -5.02. The Bertz CT molecular complexity index is 1560. The number of carbonyl (C=O) groups is 5. The van der Waals surface area contributed by atoms with Crippen LogP contribution in [0.4, 0.5) is 15.5 Å². The molecule has 0 unspecified atom stereocenters. The van der Waals surface area contributed by atoms with E-state index in [1.807, 2.05) is 24.3 Å². The van der Waals surface area contributed by atoms with Gasteiger partial charge in [0.1, 0.15) is 29.3 Å². The highest BCUT2D eigenvalue weighted by Gasteiger charge is 2.61. The van der Waals surface area contributed by atoms with Crippen molar-refractivity contribution in [3.63, 3.8) is 0 Å². The van der Waals surface area contributed by atoms with Gasteiger partial charge in [0, 0.05) is 25.4 Å². The molecule has 5 amide bonds. The molecule has 0 spiro atoms. The molecule has 5 atom stereocenters. The maximum atomic E-state index is 14.3. The average Bonchev–Trinajstić information content (AvgIpc) is 3.41. The molecular weight excluding hydrogens is 622 g/mol. The number of alkyl carbamates (subject to hydrolysis) is 1. The fourth-order valence-electron chi connectivity index (χ4n) is 6.06. The number of benzene rings is 1. The van der Waals surface area contributed by atoms with Gasteiger partial charge < -0.3 is 25.0 Å². The lowest BCUT2D eigenvalue weighted by Crippen LogP contribution is -2.59. The van der Waals surface area contributed by atoms with Crippen molar-refractivity contribution in [2.75, 3.05) is 11.9 Å². The van der Waals surface area contributed by atoms with Crippen molar-refractivity contribution in [2.45, 2.75) is 96.8 Å². The molecule has 16 heteroatoms. The Morgan fingerprint density at radius 1 is 1.08 bits per heavy atom. The summed E-state index contributed by atoms with van der Waals surface area (Å²) < 4.78 is 11.3. The van der Waals surface area contributed by atoms with E-state index in [1.54, 1.807) is 52.5 Å². The van der Waals surface area contributed by atoms with E-state index in [9.17, 15) is 24.0 Å². The van der Waals surface area contributed by atoms with E-state index < -0.39 is 70.6 Å². The summed E-state index contributed by atoms with van der Waals surface area (Å²) in [6, 6.07) is 5.45. The number of nitrogens with zero attached hydrogens (tertiary/aromatic N) is 5. The van der Waals surface area contributed by atoms with Crippen LogP contribution in [0.3, 0.4) is 0 Å². The molecule has 1 aromatic heterocycles. The van der Waals surface area contributed by atoms with E-state index in [2.05, 4.69) is 43.2 Å². The highest BCUT2D eigenvalue weighted by atomic mass is 16.6. The SMILES string of the molecule is C=C[C@@H]1C[C@]1(NC(=O)[C@@H]1C[C@@H](OC(=O)N2Cc3ccccc3C2)CN1C(=O)[C@@H](NC(=O)OC(C)(C)C)C(C)(C)C)C(=O)Nc1nn[nH]n1. The Balaban J connectivity index is 1.37. The number of H-pyrrole nitrogens is 1. The minimum Gasteiger partial charge on any atom is -0.444 e. The number of tetrazole rings is 1. The molecule has 0 bridgehead atoms. The minimum atomic E-state index is -1.37. The number of rotatable bonds is 8. The van der Waals surface area contributed by atoms with Crippen LogP contribution in [-0.4, -0.2) is 96.2 Å². The molecule has 3 heterocycles. The third-order valence-electron chi connectivity index (χ3n) is 8.61. The first kappa shape index (κ1) is 34.3. The number of anilines is 1. The number of likely N-dealkylation sites (tertiary alicyclic amines) is 1. The minimum absolute atomic E-state index is 0.0330. The summed E-state index contributed by atoms with van der Waals surface area (Å²) in [6.07, 6.45) is -0.431. The maximum Gasteiger partial charge on any atom is 0.410 e. The largest absolute Gasteiger partial charge is 0.444 e. The van der Waals surface area contributed by atoms with Gasteiger partial charge in [-0.25, -0.2) is 9.59 Å². The number of aromatic nitrogens is 4. The molecule has 16 nitrogen and oxygen atoms in total. The van der Waals surface area contributed by atoms with Crippen molar-refractivity contribution in [2.24, 2.45) is 11.3 Å². The van der Waals surface area contributed by atoms with Crippen molar-refractivity contribution < 1.29 is 33.4 Å². The second kappa shape index (κ2) is 12.9. The van der Waals surface area contributed by atoms with Gasteiger partial charge >= 0.3 is 12.2 Å². The molecule has 2 fully saturated rings. The van der Waals surface area contributed by atoms with Crippen LogP contribution in [0.5, 0.6) is 0 Å². The summed E-state index contributed by atoms with van der Waals surface area (Å²) in [5, 5.41) is 21.2. The molecule has 2 aromatic rings. The van der Waals surface area contributed by atoms with Crippen molar-refractivity contribution in [3.05, 3.63) is 48.0 Å².